The molecule has 0 unspecified atom stereocenters. The second-order valence-corrected chi connectivity index (χ2v) is 6.18. The first-order valence-electron chi connectivity index (χ1n) is 5.59. The Hall–Kier alpha value is -1.58. The van der Waals surface area contributed by atoms with Crippen LogP contribution in [0.1, 0.15) is 5.56 Å². The standard InChI is InChI=1S/C12H14N2O3S/c1-18(15,16)11-2-3-12(10(8-11)9-13)14-4-6-17-7-5-14/h2-3,8H,4-7H2,1H3. The first-order chi connectivity index (χ1) is 8.52. The molecule has 1 heterocycles. The minimum atomic E-state index is -3.28. The Kier molecular flexibility index (Phi) is 3.55. The highest BCUT2D eigenvalue weighted by Gasteiger charge is 2.17. The number of benzene rings is 1. The fraction of sp³-hybridized carbons (Fsp3) is 0.417. The molecule has 5 nitrogen and oxygen atoms in total. The summed E-state index contributed by atoms with van der Waals surface area (Å²) < 4.78 is 28.1. The maximum atomic E-state index is 11.4. The van der Waals surface area contributed by atoms with Gasteiger partial charge in [-0.05, 0) is 18.2 Å². The van der Waals surface area contributed by atoms with Crippen LogP contribution >= 0.6 is 0 Å². The van der Waals surface area contributed by atoms with Crippen LogP contribution in [0.4, 0.5) is 5.69 Å². The van der Waals surface area contributed by atoms with Crippen molar-refractivity contribution in [1.29, 1.82) is 5.26 Å². The third-order valence-electron chi connectivity index (χ3n) is 2.87. The van der Waals surface area contributed by atoms with Crippen molar-refractivity contribution in [2.45, 2.75) is 4.90 Å². The van der Waals surface area contributed by atoms with Gasteiger partial charge < -0.3 is 9.64 Å². The van der Waals surface area contributed by atoms with E-state index < -0.39 is 9.84 Å². The van der Waals surface area contributed by atoms with Gasteiger partial charge in [-0.1, -0.05) is 0 Å². The van der Waals surface area contributed by atoms with E-state index >= 15 is 0 Å². The van der Waals surface area contributed by atoms with Gasteiger partial charge in [-0.25, -0.2) is 8.42 Å². The quantitative estimate of drug-likeness (QED) is 0.791. The summed E-state index contributed by atoms with van der Waals surface area (Å²) in [5.41, 5.74) is 1.16. The SMILES string of the molecule is CS(=O)(=O)c1ccc(N2CCOCC2)c(C#N)c1. The molecule has 0 radical (unpaired) electrons. The molecular weight excluding hydrogens is 252 g/mol. The highest BCUT2D eigenvalue weighted by Crippen LogP contribution is 2.24. The maximum absolute atomic E-state index is 11.4. The molecule has 0 N–H and O–H groups in total. The van der Waals surface area contributed by atoms with Crippen molar-refractivity contribution < 1.29 is 13.2 Å². The van der Waals surface area contributed by atoms with E-state index in [0.29, 0.717) is 31.9 Å². The Labute approximate surface area is 107 Å². The number of ether oxygens (including phenoxy) is 1. The number of hydrogen-bond donors (Lipinski definition) is 0. The van der Waals surface area contributed by atoms with Crippen molar-refractivity contribution >= 4 is 15.5 Å². The molecule has 0 aliphatic carbocycles. The minimum absolute atomic E-state index is 0.177. The van der Waals surface area contributed by atoms with Crippen LogP contribution in [0.3, 0.4) is 0 Å². The van der Waals surface area contributed by atoms with E-state index in [0.717, 1.165) is 11.9 Å². The van der Waals surface area contributed by atoms with E-state index in [2.05, 4.69) is 6.07 Å². The molecule has 0 spiro atoms. The molecule has 0 aromatic heterocycles. The second-order valence-electron chi connectivity index (χ2n) is 4.16. The Balaban J connectivity index is 2.41. The summed E-state index contributed by atoms with van der Waals surface area (Å²) in [5.74, 6) is 0. The topological polar surface area (TPSA) is 70.4 Å². The zero-order valence-electron chi connectivity index (χ0n) is 10.1. The summed E-state index contributed by atoms with van der Waals surface area (Å²) in [7, 11) is -3.28. The van der Waals surface area contributed by atoms with Crippen molar-refractivity contribution in [3.8, 4) is 6.07 Å². The van der Waals surface area contributed by atoms with E-state index in [9.17, 15) is 8.42 Å². The summed E-state index contributed by atoms with van der Waals surface area (Å²) in [4.78, 5) is 2.21. The molecule has 0 amide bonds. The summed E-state index contributed by atoms with van der Waals surface area (Å²) >= 11 is 0. The summed E-state index contributed by atoms with van der Waals surface area (Å²) in [5, 5.41) is 9.14. The smallest absolute Gasteiger partial charge is 0.175 e. The number of nitrogens with zero attached hydrogens (tertiary/aromatic N) is 2. The molecule has 0 atom stereocenters. The van der Waals surface area contributed by atoms with Crippen molar-refractivity contribution in [2.75, 3.05) is 37.5 Å². The van der Waals surface area contributed by atoms with Gasteiger partial charge in [0.1, 0.15) is 6.07 Å². The van der Waals surface area contributed by atoms with E-state index in [1.807, 2.05) is 4.90 Å². The maximum Gasteiger partial charge on any atom is 0.175 e. The number of sulfone groups is 1. The van der Waals surface area contributed by atoms with E-state index in [-0.39, 0.29) is 4.90 Å². The Bertz CT molecular complexity index is 584. The molecule has 2 rings (SSSR count). The lowest BCUT2D eigenvalue weighted by Crippen LogP contribution is -2.36. The number of hydrogen-bond acceptors (Lipinski definition) is 5. The zero-order valence-corrected chi connectivity index (χ0v) is 10.9. The van der Waals surface area contributed by atoms with Crippen molar-refractivity contribution in [1.82, 2.24) is 0 Å². The minimum Gasteiger partial charge on any atom is -0.378 e. The molecule has 6 heteroatoms. The van der Waals surface area contributed by atoms with Crippen molar-refractivity contribution in [3.05, 3.63) is 23.8 Å². The molecule has 1 aromatic rings. The molecule has 1 aliphatic rings. The average Bonchev–Trinajstić information content (AvgIpc) is 2.38. The highest BCUT2D eigenvalue weighted by atomic mass is 32.2. The van der Waals surface area contributed by atoms with E-state index in [1.165, 1.54) is 6.07 Å². The van der Waals surface area contributed by atoms with Crippen LogP contribution in [0, 0.1) is 11.3 Å². The summed E-state index contributed by atoms with van der Waals surface area (Å²) in [6.07, 6.45) is 1.14. The number of morpholine rings is 1. The van der Waals surface area contributed by atoms with Crippen LogP contribution in [0.15, 0.2) is 23.1 Å². The normalized spacial score (nSPS) is 16.3. The molecular formula is C12H14N2O3S. The van der Waals surface area contributed by atoms with Crippen molar-refractivity contribution in [3.63, 3.8) is 0 Å². The largest absolute Gasteiger partial charge is 0.378 e. The van der Waals surface area contributed by atoms with Crippen LogP contribution in [0.5, 0.6) is 0 Å². The summed E-state index contributed by atoms with van der Waals surface area (Å²) in [6.45, 7) is 2.68. The van der Waals surface area contributed by atoms with Gasteiger partial charge in [0.15, 0.2) is 9.84 Å². The molecule has 1 fully saturated rings. The summed E-state index contributed by atoms with van der Waals surface area (Å²) in [6, 6.07) is 6.73. The monoisotopic (exact) mass is 266 g/mol. The second kappa shape index (κ2) is 4.96. The third-order valence-corrected chi connectivity index (χ3v) is 3.98. The van der Waals surface area contributed by atoms with Crippen LogP contribution in [-0.2, 0) is 14.6 Å². The van der Waals surface area contributed by atoms with Crippen molar-refractivity contribution in [2.24, 2.45) is 0 Å². The Morgan fingerprint density at radius 3 is 2.56 bits per heavy atom. The van der Waals surface area contributed by atoms with Gasteiger partial charge in [0.2, 0.25) is 0 Å². The molecule has 0 bridgehead atoms. The zero-order chi connectivity index (χ0) is 13.2. The Morgan fingerprint density at radius 1 is 1.33 bits per heavy atom. The van der Waals surface area contributed by atoms with Gasteiger partial charge in [-0.3, -0.25) is 0 Å². The van der Waals surface area contributed by atoms with E-state index in [4.69, 9.17) is 10.00 Å². The highest BCUT2D eigenvalue weighted by molar-refractivity contribution is 7.90. The number of nitriles is 1. The van der Waals surface area contributed by atoms with Crippen LogP contribution < -0.4 is 4.90 Å². The van der Waals surface area contributed by atoms with Crippen LogP contribution in [0.25, 0.3) is 0 Å². The van der Waals surface area contributed by atoms with Gasteiger partial charge in [-0.2, -0.15) is 5.26 Å². The lowest BCUT2D eigenvalue weighted by Gasteiger charge is -2.29. The predicted octanol–water partition coefficient (Wildman–Crippen LogP) is 0.798. The fourth-order valence-electron chi connectivity index (χ4n) is 1.92. The lowest BCUT2D eigenvalue weighted by atomic mass is 10.1. The first kappa shape index (κ1) is 12.9. The number of rotatable bonds is 2. The Morgan fingerprint density at radius 2 is 2.00 bits per heavy atom. The third kappa shape index (κ3) is 2.63. The van der Waals surface area contributed by atoms with Gasteiger partial charge in [0.05, 0.1) is 29.4 Å². The average molecular weight is 266 g/mol. The van der Waals surface area contributed by atoms with Gasteiger partial charge >= 0.3 is 0 Å². The molecule has 1 saturated heterocycles. The lowest BCUT2D eigenvalue weighted by molar-refractivity contribution is 0.122. The van der Waals surface area contributed by atoms with Gasteiger partial charge in [0, 0.05) is 19.3 Å². The van der Waals surface area contributed by atoms with Crippen LogP contribution in [-0.4, -0.2) is 41.0 Å². The van der Waals surface area contributed by atoms with Crippen LogP contribution in [0.2, 0.25) is 0 Å². The molecule has 1 aromatic carbocycles. The number of anilines is 1. The fourth-order valence-corrected chi connectivity index (χ4v) is 2.56. The molecule has 1 aliphatic heterocycles. The van der Waals surface area contributed by atoms with Gasteiger partial charge in [-0.15, -0.1) is 0 Å². The predicted molar refractivity (Wildman–Crippen MR) is 67.3 cm³/mol. The van der Waals surface area contributed by atoms with Gasteiger partial charge in [0.25, 0.3) is 0 Å². The molecule has 96 valence electrons. The molecule has 0 saturated carbocycles. The molecule has 18 heavy (non-hydrogen) atoms. The van der Waals surface area contributed by atoms with E-state index in [1.54, 1.807) is 12.1 Å². The first-order valence-corrected chi connectivity index (χ1v) is 7.48.